The molecule has 2 aliphatic heterocycles. The van der Waals surface area contributed by atoms with E-state index in [1.807, 2.05) is 36.1 Å². The largest absolute Gasteiger partial charge is 0.343 e. The van der Waals surface area contributed by atoms with Gasteiger partial charge in [0.1, 0.15) is 10.6 Å². The van der Waals surface area contributed by atoms with Crippen LogP contribution in [0.25, 0.3) is 0 Å². The summed E-state index contributed by atoms with van der Waals surface area (Å²) in [5.74, 6) is 0.542. The molecule has 0 spiro atoms. The van der Waals surface area contributed by atoms with Crippen molar-refractivity contribution in [3.8, 4) is 0 Å². The number of nitrogens with zero attached hydrogens (tertiary/aromatic N) is 3. The Morgan fingerprint density at radius 3 is 2.45 bits per heavy atom. The average molecular weight is 416 g/mol. The summed E-state index contributed by atoms with van der Waals surface area (Å²) in [6.07, 6.45) is 2.67. The molecule has 1 amide bonds. The molecule has 1 saturated heterocycles. The van der Waals surface area contributed by atoms with E-state index in [1.54, 1.807) is 24.6 Å². The SMILES string of the molecule is Cc1c(S(=O)(=O)N2c3ccccc3CC2C)cc(C(=O)N2CCC(C)CC2)n1C. The van der Waals surface area contributed by atoms with Crippen molar-refractivity contribution in [2.24, 2.45) is 13.0 Å². The normalized spacial score (nSPS) is 20.2. The molecule has 2 aromatic rings. The first kappa shape index (κ1) is 20.0. The van der Waals surface area contributed by atoms with Crippen molar-refractivity contribution in [3.63, 3.8) is 0 Å². The van der Waals surface area contributed by atoms with E-state index in [0.717, 1.165) is 37.2 Å². The van der Waals surface area contributed by atoms with Crippen LogP contribution in [0.4, 0.5) is 5.69 Å². The summed E-state index contributed by atoms with van der Waals surface area (Å²) < 4.78 is 30.5. The summed E-state index contributed by atoms with van der Waals surface area (Å²) in [4.78, 5) is 15.2. The topological polar surface area (TPSA) is 62.6 Å². The monoisotopic (exact) mass is 415 g/mol. The van der Waals surface area contributed by atoms with Crippen LogP contribution in [0.2, 0.25) is 0 Å². The van der Waals surface area contributed by atoms with Gasteiger partial charge in [-0.25, -0.2) is 8.42 Å². The summed E-state index contributed by atoms with van der Waals surface area (Å²) in [7, 11) is -1.99. The molecule has 156 valence electrons. The van der Waals surface area contributed by atoms with E-state index in [4.69, 9.17) is 0 Å². The number of fused-ring (bicyclic) bond motifs is 1. The van der Waals surface area contributed by atoms with E-state index in [0.29, 0.717) is 23.7 Å². The van der Waals surface area contributed by atoms with Gasteiger partial charge in [-0.1, -0.05) is 25.1 Å². The molecule has 1 fully saturated rings. The van der Waals surface area contributed by atoms with Crippen molar-refractivity contribution >= 4 is 21.6 Å². The predicted molar refractivity (Wildman–Crippen MR) is 114 cm³/mol. The van der Waals surface area contributed by atoms with Gasteiger partial charge in [-0.15, -0.1) is 0 Å². The van der Waals surface area contributed by atoms with Gasteiger partial charge in [-0.05, 0) is 56.7 Å². The minimum atomic E-state index is -3.76. The first-order valence-electron chi connectivity index (χ1n) is 10.3. The first-order chi connectivity index (χ1) is 13.7. The molecule has 1 atom stereocenters. The van der Waals surface area contributed by atoms with Gasteiger partial charge in [-0.2, -0.15) is 0 Å². The standard InChI is InChI=1S/C22H29N3O3S/c1-15-9-11-24(12-10-15)22(26)20-14-21(17(3)23(20)4)29(27,28)25-16(2)13-18-7-5-6-8-19(18)25/h5-8,14-16H,9-13H2,1-4H3. The molecule has 1 aromatic carbocycles. The van der Waals surface area contributed by atoms with E-state index in [9.17, 15) is 13.2 Å². The Morgan fingerprint density at radius 2 is 1.76 bits per heavy atom. The van der Waals surface area contributed by atoms with Crippen molar-refractivity contribution in [1.82, 2.24) is 9.47 Å². The Morgan fingerprint density at radius 1 is 1.10 bits per heavy atom. The minimum Gasteiger partial charge on any atom is -0.343 e. The third-order valence-electron chi connectivity index (χ3n) is 6.46. The number of sulfonamides is 1. The highest BCUT2D eigenvalue weighted by molar-refractivity contribution is 7.93. The molecule has 0 radical (unpaired) electrons. The second kappa shape index (κ2) is 7.20. The number of rotatable bonds is 3. The number of hydrogen-bond acceptors (Lipinski definition) is 3. The van der Waals surface area contributed by atoms with Crippen LogP contribution in [-0.2, 0) is 23.5 Å². The fraction of sp³-hybridized carbons (Fsp3) is 0.500. The van der Waals surface area contributed by atoms with Crippen molar-refractivity contribution < 1.29 is 13.2 Å². The van der Waals surface area contributed by atoms with Gasteiger partial charge < -0.3 is 9.47 Å². The van der Waals surface area contributed by atoms with Crippen LogP contribution in [0.3, 0.4) is 0 Å². The van der Waals surface area contributed by atoms with Crippen LogP contribution >= 0.6 is 0 Å². The fourth-order valence-corrected chi connectivity index (χ4v) is 6.49. The van der Waals surface area contributed by atoms with Crippen molar-refractivity contribution in [2.75, 3.05) is 17.4 Å². The van der Waals surface area contributed by atoms with Gasteiger partial charge in [0, 0.05) is 31.9 Å². The molecule has 3 heterocycles. The van der Waals surface area contributed by atoms with Crippen molar-refractivity contribution in [2.45, 2.75) is 51.0 Å². The van der Waals surface area contributed by atoms with E-state index >= 15 is 0 Å². The second-order valence-corrected chi connectivity index (χ2v) is 10.3. The van der Waals surface area contributed by atoms with Gasteiger partial charge in [0.2, 0.25) is 0 Å². The van der Waals surface area contributed by atoms with E-state index in [-0.39, 0.29) is 16.8 Å². The number of likely N-dealkylation sites (tertiary alicyclic amines) is 1. The third-order valence-corrected chi connectivity index (χ3v) is 8.50. The lowest BCUT2D eigenvalue weighted by Crippen LogP contribution is -2.38. The highest BCUT2D eigenvalue weighted by atomic mass is 32.2. The van der Waals surface area contributed by atoms with Gasteiger partial charge in [-0.3, -0.25) is 9.10 Å². The summed E-state index contributed by atoms with van der Waals surface area (Å²) in [6, 6.07) is 9.05. The number of aromatic nitrogens is 1. The number of piperidine rings is 1. The van der Waals surface area contributed by atoms with Gasteiger partial charge in [0.25, 0.3) is 15.9 Å². The van der Waals surface area contributed by atoms with Gasteiger partial charge in [0.15, 0.2) is 0 Å². The first-order valence-corrected chi connectivity index (χ1v) is 11.7. The Bertz CT molecular complexity index is 1050. The fourth-order valence-electron chi connectivity index (χ4n) is 4.52. The van der Waals surface area contributed by atoms with Crippen LogP contribution in [0.5, 0.6) is 0 Å². The zero-order valence-corrected chi connectivity index (χ0v) is 18.4. The van der Waals surface area contributed by atoms with Gasteiger partial charge >= 0.3 is 0 Å². The molecule has 0 bridgehead atoms. The minimum absolute atomic E-state index is 0.0844. The molecular weight excluding hydrogens is 386 g/mol. The molecule has 29 heavy (non-hydrogen) atoms. The number of amides is 1. The molecule has 1 aromatic heterocycles. The molecule has 0 N–H and O–H groups in total. The average Bonchev–Trinajstić information content (AvgIpc) is 3.19. The molecule has 7 heteroatoms. The zero-order valence-electron chi connectivity index (χ0n) is 17.6. The van der Waals surface area contributed by atoms with Crippen LogP contribution in [0, 0.1) is 12.8 Å². The molecule has 2 aliphatic rings. The maximum atomic E-state index is 13.6. The lowest BCUT2D eigenvalue weighted by atomic mass is 9.99. The molecular formula is C22H29N3O3S. The summed E-state index contributed by atoms with van der Waals surface area (Å²) in [5.41, 5.74) is 2.81. The zero-order chi connectivity index (χ0) is 20.9. The number of carbonyl (C=O) groups is 1. The molecule has 1 unspecified atom stereocenters. The van der Waals surface area contributed by atoms with Crippen LogP contribution in [0.15, 0.2) is 35.2 Å². The Labute approximate surface area is 173 Å². The highest BCUT2D eigenvalue weighted by Gasteiger charge is 2.38. The molecule has 6 nitrogen and oxygen atoms in total. The maximum absolute atomic E-state index is 13.6. The van der Waals surface area contributed by atoms with Crippen molar-refractivity contribution in [1.29, 1.82) is 0 Å². The smallest absolute Gasteiger partial charge is 0.270 e. The number of hydrogen-bond donors (Lipinski definition) is 0. The second-order valence-electron chi connectivity index (χ2n) is 8.50. The highest BCUT2D eigenvalue weighted by Crippen LogP contribution is 2.37. The lowest BCUT2D eigenvalue weighted by Gasteiger charge is -2.30. The molecule has 0 saturated carbocycles. The summed E-state index contributed by atoms with van der Waals surface area (Å²) >= 11 is 0. The van der Waals surface area contributed by atoms with E-state index in [1.165, 1.54) is 4.31 Å². The maximum Gasteiger partial charge on any atom is 0.270 e. The van der Waals surface area contributed by atoms with Crippen LogP contribution in [0.1, 0.15) is 48.4 Å². The quantitative estimate of drug-likeness (QED) is 0.772. The summed E-state index contributed by atoms with van der Waals surface area (Å²) in [6.45, 7) is 7.35. The molecule has 0 aliphatic carbocycles. The van der Waals surface area contributed by atoms with E-state index < -0.39 is 10.0 Å². The Hall–Kier alpha value is -2.28. The number of carbonyl (C=O) groups excluding carboxylic acids is 1. The van der Waals surface area contributed by atoms with Crippen LogP contribution < -0.4 is 4.31 Å². The van der Waals surface area contributed by atoms with E-state index in [2.05, 4.69) is 6.92 Å². The third kappa shape index (κ3) is 3.25. The lowest BCUT2D eigenvalue weighted by molar-refractivity contribution is 0.0687. The molecule has 4 rings (SSSR count). The summed E-state index contributed by atoms with van der Waals surface area (Å²) in [5, 5.41) is 0. The van der Waals surface area contributed by atoms with Gasteiger partial charge in [0.05, 0.1) is 5.69 Å². The number of benzene rings is 1. The van der Waals surface area contributed by atoms with Crippen molar-refractivity contribution in [3.05, 3.63) is 47.3 Å². The number of anilines is 1. The number of para-hydroxylation sites is 1. The van der Waals surface area contributed by atoms with Crippen LogP contribution in [-0.4, -0.2) is 42.9 Å². The Balaban J connectivity index is 1.71. The predicted octanol–water partition coefficient (Wildman–Crippen LogP) is 3.35. The Kier molecular flexibility index (Phi) is 4.97.